The Kier molecular flexibility index (Phi) is 8.10. The fourth-order valence-electron chi connectivity index (χ4n) is 3.03. The Morgan fingerprint density at radius 3 is 2.28 bits per heavy atom. The summed E-state index contributed by atoms with van der Waals surface area (Å²) in [4.78, 5) is 12.7. The lowest BCUT2D eigenvalue weighted by atomic mass is 10.2. The number of nitrogens with zero attached hydrogens (tertiary/aromatic N) is 1. The van der Waals surface area contributed by atoms with Crippen LogP contribution in [0.3, 0.4) is 0 Å². The molecule has 7 nitrogen and oxygen atoms in total. The van der Waals surface area contributed by atoms with Crippen LogP contribution < -0.4 is 14.8 Å². The zero-order valence-electron chi connectivity index (χ0n) is 17.6. The topological polar surface area (TPSA) is 84.9 Å². The van der Waals surface area contributed by atoms with Gasteiger partial charge in [0.1, 0.15) is 16.4 Å². The summed E-state index contributed by atoms with van der Waals surface area (Å²) in [6.07, 6.45) is 0. The van der Waals surface area contributed by atoms with Gasteiger partial charge in [0.05, 0.1) is 20.8 Å². The molecule has 168 valence electrons. The van der Waals surface area contributed by atoms with Gasteiger partial charge < -0.3 is 14.8 Å². The molecule has 1 amide bonds. The Morgan fingerprint density at radius 1 is 0.969 bits per heavy atom. The van der Waals surface area contributed by atoms with E-state index in [0.717, 1.165) is 13.4 Å². The van der Waals surface area contributed by atoms with Crippen molar-refractivity contribution in [1.29, 1.82) is 0 Å². The minimum Gasteiger partial charge on any atom is -0.497 e. The predicted molar refractivity (Wildman–Crippen MR) is 131 cm³/mol. The molecule has 0 saturated carbocycles. The van der Waals surface area contributed by atoms with Gasteiger partial charge in [0, 0.05) is 21.9 Å². The summed E-state index contributed by atoms with van der Waals surface area (Å²) in [5.74, 6) is 0.0851. The van der Waals surface area contributed by atoms with E-state index in [1.807, 2.05) is 42.5 Å². The van der Waals surface area contributed by atoms with E-state index in [2.05, 4.69) is 27.9 Å². The van der Waals surface area contributed by atoms with Crippen molar-refractivity contribution in [3.05, 3.63) is 81.9 Å². The first kappa shape index (κ1) is 24.0. The fraction of sp³-hybridized carbons (Fsp3) is 0.174. The van der Waals surface area contributed by atoms with Crippen molar-refractivity contribution in [2.75, 3.05) is 26.1 Å². The number of nitrogens with one attached hydrogen (secondary N) is 1. The van der Waals surface area contributed by atoms with Crippen LogP contribution in [0.25, 0.3) is 0 Å². The Bertz CT molecular complexity index is 1170. The van der Waals surface area contributed by atoms with E-state index in [4.69, 9.17) is 9.47 Å². The molecule has 32 heavy (non-hydrogen) atoms. The number of hydrogen-bond acceptors (Lipinski definition) is 5. The number of sulfonamides is 1. The summed E-state index contributed by atoms with van der Waals surface area (Å²) in [6, 6.07) is 20.9. The number of halogens is 1. The maximum absolute atomic E-state index is 13.6. The molecule has 0 aliphatic rings. The molecule has 0 aromatic heterocycles. The van der Waals surface area contributed by atoms with Crippen LogP contribution in [0.15, 0.2) is 77.7 Å². The smallest absolute Gasteiger partial charge is 0.247 e. The van der Waals surface area contributed by atoms with Gasteiger partial charge in [0.25, 0.3) is 0 Å². The number of carbonyl (C=O) groups excluding carboxylic acids is 1. The molecule has 0 aliphatic heterocycles. The van der Waals surface area contributed by atoms with Gasteiger partial charge in [0.15, 0.2) is 0 Å². The van der Waals surface area contributed by atoms with Crippen LogP contribution in [-0.4, -0.2) is 39.4 Å². The van der Waals surface area contributed by atoms with E-state index in [9.17, 15) is 13.2 Å². The summed E-state index contributed by atoms with van der Waals surface area (Å²) in [6.45, 7) is -0.354. The number of anilines is 1. The number of rotatable bonds is 9. The number of benzene rings is 3. The molecule has 3 rings (SSSR count). The van der Waals surface area contributed by atoms with E-state index < -0.39 is 15.9 Å². The van der Waals surface area contributed by atoms with Crippen molar-refractivity contribution in [1.82, 2.24) is 4.31 Å². The second kappa shape index (κ2) is 10.8. The molecule has 0 unspecified atom stereocenters. The highest BCUT2D eigenvalue weighted by Crippen LogP contribution is 2.31. The molecule has 1 N–H and O–H groups in total. The number of ether oxygens (including phenoxy) is 2. The summed E-state index contributed by atoms with van der Waals surface area (Å²) in [5.41, 5.74) is 1.34. The average molecular weight is 566 g/mol. The standard InChI is InChI=1S/C23H23IN2O5S/c1-30-20-12-13-21(31-2)22(14-20)32(28,29)26(15-17-6-4-3-5-7-17)16-23(27)25-19-10-8-18(24)9-11-19/h3-14H,15-16H2,1-2H3,(H,25,27). The molecule has 0 heterocycles. The van der Waals surface area contributed by atoms with Gasteiger partial charge in [-0.05, 0) is 64.6 Å². The van der Waals surface area contributed by atoms with Gasteiger partial charge >= 0.3 is 0 Å². The third-order valence-electron chi connectivity index (χ3n) is 4.64. The minimum atomic E-state index is -4.10. The zero-order valence-corrected chi connectivity index (χ0v) is 20.6. The molecule has 0 bridgehead atoms. The van der Waals surface area contributed by atoms with Crippen molar-refractivity contribution in [2.45, 2.75) is 11.4 Å². The van der Waals surface area contributed by atoms with E-state index in [0.29, 0.717) is 11.4 Å². The van der Waals surface area contributed by atoms with Gasteiger partial charge in [0.2, 0.25) is 15.9 Å². The van der Waals surface area contributed by atoms with E-state index in [1.165, 1.54) is 26.4 Å². The van der Waals surface area contributed by atoms with Gasteiger partial charge in [-0.3, -0.25) is 4.79 Å². The second-order valence-electron chi connectivity index (χ2n) is 6.83. The molecule has 3 aromatic rings. The first-order valence-electron chi connectivity index (χ1n) is 9.65. The van der Waals surface area contributed by atoms with Gasteiger partial charge in [-0.15, -0.1) is 0 Å². The first-order chi connectivity index (χ1) is 15.3. The fourth-order valence-corrected chi connectivity index (χ4v) is 4.95. The molecular weight excluding hydrogens is 543 g/mol. The van der Waals surface area contributed by atoms with Crippen LogP contribution in [0, 0.1) is 3.57 Å². The Hall–Kier alpha value is -2.63. The molecule has 0 atom stereocenters. The van der Waals surface area contributed by atoms with E-state index in [1.54, 1.807) is 18.2 Å². The number of carbonyl (C=O) groups is 1. The minimum absolute atomic E-state index is 0.0175. The van der Waals surface area contributed by atoms with Crippen molar-refractivity contribution in [2.24, 2.45) is 0 Å². The third kappa shape index (κ3) is 5.99. The van der Waals surface area contributed by atoms with E-state index >= 15 is 0 Å². The normalized spacial score (nSPS) is 11.2. The highest BCUT2D eigenvalue weighted by Gasteiger charge is 2.30. The Balaban J connectivity index is 1.94. The molecule has 0 aliphatic carbocycles. The molecule has 0 radical (unpaired) electrons. The lowest BCUT2D eigenvalue weighted by molar-refractivity contribution is -0.116. The second-order valence-corrected chi connectivity index (χ2v) is 9.98. The van der Waals surface area contributed by atoms with Crippen molar-refractivity contribution in [3.63, 3.8) is 0 Å². The van der Waals surface area contributed by atoms with Crippen LogP contribution in [0.4, 0.5) is 5.69 Å². The van der Waals surface area contributed by atoms with Crippen LogP contribution in [0.2, 0.25) is 0 Å². The lowest BCUT2D eigenvalue weighted by Crippen LogP contribution is -2.37. The molecule has 0 fully saturated rings. The number of amides is 1. The third-order valence-corrected chi connectivity index (χ3v) is 7.17. The molecular formula is C23H23IN2O5S. The van der Waals surface area contributed by atoms with Gasteiger partial charge in [-0.2, -0.15) is 4.31 Å². The monoisotopic (exact) mass is 566 g/mol. The Labute approximate surface area is 201 Å². The number of hydrogen-bond donors (Lipinski definition) is 1. The molecule has 9 heteroatoms. The van der Waals surface area contributed by atoms with Crippen LogP contribution in [0.1, 0.15) is 5.56 Å². The average Bonchev–Trinajstić information content (AvgIpc) is 2.80. The highest BCUT2D eigenvalue weighted by atomic mass is 127. The summed E-state index contributed by atoms with van der Waals surface area (Å²) >= 11 is 2.17. The zero-order chi connectivity index (χ0) is 23.1. The maximum Gasteiger partial charge on any atom is 0.247 e. The van der Waals surface area contributed by atoms with Crippen molar-refractivity contribution < 1.29 is 22.7 Å². The van der Waals surface area contributed by atoms with Crippen LogP contribution in [0.5, 0.6) is 11.5 Å². The highest BCUT2D eigenvalue weighted by molar-refractivity contribution is 14.1. The van der Waals surface area contributed by atoms with Gasteiger partial charge in [-0.1, -0.05) is 30.3 Å². The van der Waals surface area contributed by atoms with Crippen LogP contribution in [-0.2, 0) is 21.4 Å². The van der Waals surface area contributed by atoms with Crippen LogP contribution >= 0.6 is 22.6 Å². The first-order valence-corrected chi connectivity index (χ1v) is 12.2. The SMILES string of the molecule is COc1ccc(OC)c(S(=O)(=O)N(CC(=O)Nc2ccc(I)cc2)Cc2ccccc2)c1. The predicted octanol–water partition coefficient (Wildman–Crippen LogP) is 4.14. The Morgan fingerprint density at radius 2 is 1.66 bits per heavy atom. The molecule has 3 aromatic carbocycles. The summed E-state index contributed by atoms with van der Waals surface area (Å²) < 4.78 is 39.9. The summed E-state index contributed by atoms with van der Waals surface area (Å²) in [7, 11) is -1.25. The van der Waals surface area contributed by atoms with Crippen molar-refractivity contribution in [3.8, 4) is 11.5 Å². The van der Waals surface area contributed by atoms with Crippen molar-refractivity contribution >= 4 is 44.2 Å². The quantitative estimate of drug-likeness (QED) is 0.394. The molecule has 0 spiro atoms. The number of methoxy groups -OCH3 is 2. The van der Waals surface area contributed by atoms with E-state index in [-0.39, 0.29) is 23.7 Å². The largest absolute Gasteiger partial charge is 0.497 e. The summed E-state index contributed by atoms with van der Waals surface area (Å²) in [5, 5.41) is 2.76. The van der Waals surface area contributed by atoms with Gasteiger partial charge in [-0.25, -0.2) is 8.42 Å². The lowest BCUT2D eigenvalue weighted by Gasteiger charge is -2.23. The maximum atomic E-state index is 13.6. The molecule has 0 saturated heterocycles.